The van der Waals surface area contributed by atoms with Gasteiger partial charge in [0.1, 0.15) is 23.9 Å². The Balaban J connectivity index is 2.04. The number of aliphatic imine (C=N–C) groups is 1. The highest BCUT2D eigenvalue weighted by Gasteiger charge is 2.40. The van der Waals surface area contributed by atoms with Crippen LogP contribution in [0.4, 0.5) is 0 Å². The van der Waals surface area contributed by atoms with Crippen LogP contribution in [0.15, 0.2) is 29.3 Å². The number of carbonyl (C=O) groups is 4. The van der Waals surface area contributed by atoms with Gasteiger partial charge in [0.05, 0.1) is 6.04 Å². The number of hydrogen-bond acceptors (Lipinski definition) is 7. The zero-order valence-electron chi connectivity index (χ0n) is 21.8. The number of guanidine groups is 1. The molecule has 1 aliphatic rings. The predicted octanol–water partition coefficient (Wildman–Crippen LogP) is -0.983. The van der Waals surface area contributed by atoms with E-state index in [0.717, 1.165) is 0 Å². The first-order chi connectivity index (χ1) is 17.9. The maximum Gasteiger partial charge on any atom is 0.326 e. The molecule has 0 aromatic heterocycles. The Labute approximate surface area is 221 Å². The Hall–Kier alpha value is -3.87. The molecule has 210 valence electrons. The summed E-state index contributed by atoms with van der Waals surface area (Å²) in [6.45, 7) is 4.17. The molecule has 0 spiro atoms. The van der Waals surface area contributed by atoms with Gasteiger partial charge in [0.25, 0.3) is 0 Å². The van der Waals surface area contributed by atoms with Crippen molar-refractivity contribution in [2.24, 2.45) is 28.1 Å². The molecule has 4 unspecified atom stereocenters. The quantitative estimate of drug-likeness (QED) is 0.0937. The number of nitrogens with one attached hydrogen (secondary N) is 2. The summed E-state index contributed by atoms with van der Waals surface area (Å²) in [6.07, 6.45) is 1.73. The van der Waals surface area contributed by atoms with Crippen LogP contribution < -0.4 is 27.8 Å². The zero-order chi connectivity index (χ0) is 28.4. The summed E-state index contributed by atoms with van der Waals surface area (Å²) in [4.78, 5) is 56.3. The lowest BCUT2D eigenvalue weighted by Gasteiger charge is -2.31. The van der Waals surface area contributed by atoms with E-state index in [4.69, 9.17) is 17.2 Å². The van der Waals surface area contributed by atoms with E-state index in [1.807, 2.05) is 0 Å². The predicted molar refractivity (Wildman–Crippen MR) is 141 cm³/mol. The van der Waals surface area contributed by atoms with Crippen LogP contribution in [0.3, 0.4) is 0 Å². The van der Waals surface area contributed by atoms with Gasteiger partial charge in [-0.15, -0.1) is 0 Å². The molecule has 10 N–H and O–H groups in total. The summed E-state index contributed by atoms with van der Waals surface area (Å²) in [5.74, 6) is -3.01. The van der Waals surface area contributed by atoms with Gasteiger partial charge in [0, 0.05) is 19.5 Å². The molecule has 1 heterocycles. The standard InChI is InChI=1S/C25H39N7O6/c1-14(2)20(31-21(34)17(26)5-3-11-29-25(27)28)23(36)32-12-4-6-19(32)22(35)30-18(24(37)38)13-15-7-9-16(33)10-8-15/h7-10,14,17-20,33H,3-6,11-13,26H2,1-2H3,(H,30,35)(H,31,34)(H,37,38)(H4,27,28,29). The minimum Gasteiger partial charge on any atom is -0.508 e. The number of aliphatic carboxylic acids is 1. The first-order valence-electron chi connectivity index (χ1n) is 12.6. The second kappa shape index (κ2) is 14.2. The Morgan fingerprint density at radius 3 is 2.37 bits per heavy atom. The SMILES string of the molecule is CC(C)C(NC(=O)C(N)CCCN=C(N)N)C(=O)N1CCCC1C(=O)NC(Cc1ccc(O)cc1)C(=O)O. The first kappa shape index (κ1) is 30.4. The van der Waals surface area contributed by atoms with E-state index in [1.165, 1.54) is 17.0 Å². The molecule has 0 saturated carbocycles. The van der Waals surface area contributed by atoms with Crippen LogP contribution in [-0.4, -0.2) is 82.0 Å². The van der Waals surface area contributed by atoms with E-state index in [2.05, 4.69) is 15.6 Å². The minimum absolute atomic E-state index is 0.00771. The van der Waals surface area contributed by atoms with Crippen LogP contribution in [-0.2, 0) is 25.6 Å². The summed E-state index contributed by atoms with van der Waals surface area (Å²) in [5, 5.41) is 24.3. The van der Waals surface area contributed by atoms with Crippen molar-refractivity contribution in [2.45, 2.75) is 70.1 Å². The fourth-order valence-corrected chi connectivity index (χ4v) is 4.24. The number of benzene rings is 1. The second-order valence-corrected chi connectivity index (χ2v) is 9.75. The molecule has 0 aliphatic carbocycles. The first-order valence-corrected chi connectivity index (χ1v) is 12.6. The molecule has 1 aliphatic heterocycles. The van der Waals surface area contributed by atoms with E-state index >= 15 is 0 Å². The third kappa shape index (κ3) is 8.91. The van der Waals surface area contributed by atoms with E-state index < -0.39 is 47.9 Å². The number of hydrogen-bond donors (Lipinski definition) is 7. The van der Waals surface area contributed by atoms with E-state index in [1.54, 1.807) is 26.0 Å². The van der Waals surface area contributed by atoms with Crippen LogP contribution >= 0.6 is 0 Å². The zero-order valence-corrected chi connectivity index (χ0v) is 21.8. The minimum atomic E-state index is -1.22. The number of phenols is 1. The molecule has 1 aromatic carbocycles. The molecule has 0 radical (unpaired) electrons. The lowest BCUT2D eigenvalue weighted by Crippen LogP contribution is -2.58. The maximum atomic E-state index is 13.4. The number of carbonyl (C=O) groups excluding carboxylic acids is 3. The monoisotopic (exact) mass is 533 g/mol. The second-order valence-electron chi connectivity index (χ2n) is 9.75. The molecule has 1 fully saturated rings. The van der Waals surface area contributed by atoms with Gasteiger partial charge in [-0.2, -0.15) is 0 Å². The van der Waals surface area contributed by atoms with Crippen LogP contribution in [0.2, 0.25) is 0 Å². The van der Waals surface area contributed by atoms with Crippen molar-refractivity contribution in [3.8, 4) is 5.75 Å². The van der Waals surface area contributed by atoms with Crippen molar-refractivity contribution in [1.29, 1.82) is 0 Å². The van der Waals surface area contributed by atoms with Crippen molar-refractivity contribution in [2.75, 3.05) is 13.1 Å². The van der Waals surface area contributed by atoms with Gasteiger partial charge in [-0.3, -0.25) is 19.4 Å². The summed E-state index contributed by atoms with van der Waals surface area (Å²) in [5.41, 5.74) is 17.2. The molecule has 13 nitrogen and oxygen atoms in total. The third-order valence-corrected chi connectivity index (χ3v) is 6.36. The Morgan fingerprint density at radius 2 is 1.79 bits per heavy atom. The highest BCUT2D eigenvalue weighted by molar-refractivity contribution is 5.94. The lowest BCUT2D eigenvalue weighted by molar-refractivity contribution is -0.145. The fourth-order valence-electron chi connectivity index (χ4n) is 4.24. The summed E-state index contributed by atoms with van der Waals surface area (Å²) < 4.78 is 0. The number of amides is 3. The molecule has 1 aromatic rings. The van der Waals surface area contributed by atoms with Crippen LogP contribution in [0.1, 0.15) is 45.1 Å². The van der Waals surface area contributed by atoms with Crippen LogP contribution in [0, 0.1) is 5.92 Å². The van der Waals surface area contributed by atoms with Crippen molar-refractivity contribution in [1.82, 2.24) is 15.5 Å². The number of nitrogens with zero attached hydrogens (tertiary/aromatic N) is 2. The highest BCUT2D eigenvalue weighted by Crippen LogP contribution is 2.21. The molecule has 2 rings (SSSR count). The van der Waals surface area contributed by atoms with Gasteiger partial charge in [0.2, 0.25) is 17.7 Å². The molecule has 0 bridgehead atoms. The number of carboxylic acid groups (broad SMARTS) is 1. The Bertz CT molecular complexity index is 1010. The maximum absolute atomic E-state index is 13.4. The molecule has 1 saturated heterocycles. The van der Waals surface area contributed by atoms with Gasteiger partial charge in [-0.05, 0) is 49.3 Å². The van der Waals surface area contributed by atoms with Gasteiger partial charge < -0.3 is 42.9 Å². The molecule has 3 amide bonds. The normalized spacial score (nSPS) is 17.4. The molecular formula is C25H39N7O6. The molecule has 4 atom stereocenters. The lowest BCUT2D eigenvalue weighted by atomic mass is 10.0. The largest absolute Gasteiger partial charge is 0.508 e. The topological polar surface area (TPSA) is 226 Å². The average molecular weight is 534 g/mol. The van der Waals surface area contributed by atoms with Gasteiger partial charge in [-0.1, -0.05) is 26.0 Å². The summed E-state index contributed by atoms with van der Waals surface area (Å²) in [7, 11) is 0. The van der Waals surface area contributed by atoms with Crippen molar-refractivity contribution < 1.29 is 29.4 Å². The Morgan fingerprint density at radius 1 is 1.13 bits per heavy atom. The number of phenolic OH excluding ortho intramolecular Hbond substituents is 1. The average Bonchev–Trinajstić information content (AvgIpc) is 3.35. The molecule has 38 heavy (non-hydrogen) atoms. The van der Waals surface area contributed by atoms with E-state index in [9.17, 15) is 29.4 Å². The summed E-state index contributed by atoms with van der Waals surface area (Å²) in [6, 6.07) is 2.15. The molecule has 13 heteroatoms. The van der Waals surface area contributed by atoms with Gasteiger partial charge in [0.15, 0.2) is 5.96 Å². The van der Waals surface area contributed by atoms with Gasteiger partial charge >= 0.3 is 5.97 Å². The fraction of sp³-hybridized carbons (Fsp3) is 0.560. The van der Waals surface area contributed by atoms with Crippen molar-refractivity contribution in [3.05, 3.63) is 29.8 Å². The van der Waals surface area contributed by atoms with Crippen molar-refractivity contribution in [3.63, 3.8) is 0 Å². The van der Waals surface area contributed by atoms with Crippen LogP contribution in [0.25, 0.3) is 0 Å². The van der Waals surface area contributed by atoms with Crippen molar-refractivity contribution >= 4 is 29.7 Å². The summed E-state index contributed by atoms with van der Waals surface area (Å²) >= 11 is 0. The Kier molecular flexibility index (Phi) is 11.3. The molecular weight excluding hydrogens is 494 g/mol. The number of carboxylic acids is 1. The van der Waals surface area contributed by atoms with E-state index in [-0.39, 0.29) is 24.0 Å². The van der Waals surface area contributed by atoms with Gasteiger partial charge in [-0.25, -0.2) is 4.79 Å². The smallest absolute Gasteiger partial charge is 0.326 e. The van der Waals surface area contributed by atoms with E-state index in [0.29, 0.717) is 44.3 Å². The highest BCUT2D eigenvalue weighted by atomic mass is 16.4. The number of aromatic hydroxyl groups is 1. The number of likely N-dealkylation sites (tertiary alicyclic amines) is 1. The third-order valence-electron chi connectivity index (χ3n) is 6.36. The number of nitrogens with two attached hydrogens (primary N) is 3. The number of rotatable bonds is 13. The van der Waals surface area contributed by atoms with Crippen LogP contribution in [0.5, 0.6) is 5.75 Å².